The van der Waals surface area contributed by atoms with Gasteiger partial charge in [-0.3, -0.25) is 0 Å². The summed E-state index contributed by atoms with van der Waals surface area (Å²) in [6, 6.07) is 4.66. The van der Waals surface area contributed by atoms with Crippen molar-refractivity contribution in [1.29, 1.82) is 0 Å². The second kappa shape index (κ2) is 5.54. The fraction of sp³-hybridized carbons (Fsp3) is 0.375. The molecule has 0 radical (unpaired) electrons. The number of rotatable bonds is 2. The number of hydrogen-bond donors (Lipinski definition) is 1. The summed E-state index contributed by atoms with van der Waals surface area (Å²) < 4.78 is 7.87. The highest BCUT2D eigenvalue weighted by atomic mass is 35.5. The second-order valence-electron chi connectivity index (χ2n) is 5.98. The Balaban J connectivity index is 1.84. The van der Waals surface area contributed by atoms with Crippen molar-refractivity contribution in [2.45, 2.75) is 19.9 Å². The van der Waals surface area contributed by atoms with Crippen molar-refractivity contribution in [3.8, 4) is 5.69 Å². The molecule has 120 valence electrons. The lowest BCUT2D eigenvalue weighted by Crippen LogP contribution is -2.50. The lowest BCUT2D eigenvalue weighted by molar-refractivity contribution is 0.456. The van der Waals surface area contributed by atoms with Crippen LogP contribution in [0.4, 0.5) is 6.01 Å². The third-order valence-electron chi connectivity index (χ3n) is 4.13. The van der Waals surface area contributed by atoms with Gasteiger partial charge in [-0.05, 0) is 31.5 Å². The van der Waals surface area contributed by atoms with Gasteiger partial charge in [0.2, 0.25) is 0 Å². The smallest absolute Gasteiger partial charge is 0.298 e. The minimum Gasteiger partial charge on any atom is -0.421 e. The zero-order chi connectivity index (χ0) is 16.0. The molecule has 0 amide bonds. The van der Waals surface area contributed by atoms with Crippen LogP contribution in [0, 0.1) is 6.92 Å². The SMILES string of the molecule is Cc1cnn(-c2cc(Cl)cc3nc(N4CCNCC4C)oc23)c1. The zero-order valence-electron chi connectivity index (χ0n) is 13.1. The molecule has 6 nitrogen and oxygen atoms in total. The van der Waals surface area contributed by atoms with E-state index in [1.165, 1.54) is 0 Å². The molecular formula is C16H18ClN5O. The normalized spacial score (nSPS) is 18.7. The number of oxazole rings is 1. The van der Waals surface area contributed by atoms with Crippen LogP contribution < -0.4 is 10.2 Å². The maximum absolute atomic E-state index is 6.26. The summed E-state index contributed by atoms with van der Waals surface area (Å²) in [5, 5.41) is 8.35. The van der Waals surface area contributed by atoms with Crippen molar-refractivity contribution in [1.82, 2.24) is 20.1 Å². The molecule has 3 heterocycles. The third-order valence-corrected chi connectivity index (χ3v) is 4.35. The number of halogens is 1. The van der Waals surface area contributed by atoms with Crippen LogP contribution in [0.15, 0.2) is 28.9 Å². The summed E-state index contributed by atoms with van der Waals surface area (Å²) in [5.41, 5.74) is 3.34. The lowest BCUT2D eigenvalue weighted by atomic mass is 10.2. The van der Waals surface area contributed by atoms with Crippen LogP contribution in [0.25, 0.3) is 16.8 Å². The summed E-state index contributed by atoms with van der Waals surface area (Å²) in [6.07, 6.45) is 3.75. The molecule has 1 aliphatic rings. The second-order valence-corrected chi connectivity index (χ2v) is 6.41. The van der Waals surface area contributed by atoms with E-state index in [-0.39, 0.29) is 0 Å². The number of benzene rings is 1. The predicted molar refractivity (Wildman–Crippen MR) is 90.6 cm³/mol. The van der Waals surface area contributed by atoms with E-state index in [4.69, 9.17) is 16.0 Å². The van der Waals surface area contributed by atoms with Crippen molar-refractivity contribution in [2.24, 2.45) is 0 Å². The van der Waals surface area contributed by atoms with Crippen molar-refractivity contribution < 1.29 is 4.42 Å². The molecule has 0 bridgehead atoms. The monoisotopic (exact) mass is 331 g/mol. The topological polar surface area (TPSA) is 59.1 Å². The summed E-state index contributed by atoms with van der Waals surface area (Å²) >= 11 is 6.26. The van der Waals surface area contributed by atoms with E-state index < -0.39 is 0 Å². The fourth-order valence-corrected chi connectivity index (χ4v) is 3.14. The van der Waals surface area contributed by atoms with Gasteiger partial charge in [0, 0.05) is 36.9 Å². The Labute approximate surface area is 139 Å². The van der Waals surface area contributed by atoms with Gasteiger partial charge in [0.05, 0.1) is 6.20 Å². The predicted octanol–water partition coefficient (Wildman–Crippen LogP) is 2.77. The average molecular weight is 332 g/mol. The van der Waals surface area contributed by atoms with Gasteiger partial charge in [-0.2, -0.15) is 10.1 Å². The molecule has 1 N–H and O–H groups in total. The molecule has 23 heavy (non-hydrogen) atoms. The molecule has 1 fully saturated rings. The van der Waals surface area contributed by atoms with Crippen LogP contribution in [-0.4, -0.2) is 40.4 Å². The van der Waals surface area contributed by atoms with Crippen molar-refractivity contribution in [2.75, 3.05) is 24.5 Å². The van der Waals surface area contributed by atoms with E-state index in [1.807, 2.05) is 31.5 Å². The van der Waals surface area contributed by atoms with E-state index >= 15 is 0 Å². The van der Waals surface area contributed by atoms with E-state index in [2.05, 4.69) is 27.2 Å². The Morgan fingerprint density at radius 3 is 3.00 bits per heavy atom. The molecule has 1 aliphatic heterocycles. The maximum Gasteiger partial charge on any atom is 0.298 e. The number of nitrogens with zero attached hydrogens (tertiary/aromatic N) is 4. The Morgan fingerprint density at radius 1 is 1.39 bits per heavy atom. The van der Waals surface area contributed by atoms with E-state index in [9.17, 15) is 0 Å². The van der Waals surface area contributed by atoms with E-state index in [1.54, 1.807) is 4.68 Å². The first kappa shape index (κ1) is 14.5. The minimum absolute atomic E-state index is 0.336. The first-order valence-corrected chi connectivity index (χ1v) is 8.09. The van der Waals surface area contributed by atoms with Crippen molar-refractivity contribution in [3.05, 3.63) is 35.1 Å². The van der Waals surface area contributed by atoms with Crippen molar-refractivity contribution in [3.63, 3.8) is 0 Å². The highest BCUT2D eigenvalue weighted by Gasteiger charge is 2.24. The van der Waals surface area contributed by atoms with Gasteiger partial charge >= 0.3 is 0 Å². The molecule has 1 unspecified atom stereocenters. The number of nitrogens with one attached hydrogen (secondary N) is 1. The van der Waals surface area contributed by atoms with Crippen LogP contribution in [-0.2, 0) is 0 Å². The van der Waals surface area contributed by atoms with Gasteiger partial charge in [-0.25, -0.2) is 4.68 Å². The third kappa shape index (κ3) is 2.58. The summed E-state index contributed by atoms with van der Waals surface area (Å²) in [6.45, 7) is 6.88. The first-order valence-electron chi connectivity index (χ1n) is 7.71. The van der Waals surface area contributed by atoms with Crippen LogP contribution in [0.3, 0.4) is 0 Å². The Kier molecular flexibility index (Phi) is 3.50. The van der Waals surface area contributed by atoms with Gasteiger partial charge in [0.1, 0.15) is 11.2 Å². The molecular weight excluding hydrogens is 314 g/mol. The molecule has 1 atom stereocenters. The van der Waals surface area contributed by atoms with Gasteiger partial charge in [-0.1, -0.05) is 11.6 Å². The summed E-state index contributed by atoms with van der Waals surface area (Å²) in [4.78, 5) is 6.83. The standard InChI is InChI=1S/C16H18ClN5O/c1-10-7-19-22(9-10)14-6-12(17)5-13-15(14)23-16(20-13)21-4-3-18-8-11(21)2/h5-7,9,11,18H,3-4,8H2,1-2H3. The number of fused-ring (bicyclic) bond motifs is 1. The maximum atomic E-state index is 6.26. The van der Waals surface area contributed by atoms with Crippen LogP contribution >= 0.6 is 11.6 Å². The highest BCUT2D eigenvalue weighted by Crippen LogP contribution is 2.31. The number of piperazine rings is 1. The number of hydrogen-bond acceptors (Lipinski definition) is 5. The Morgan fingerprint density at radius 2 is 2.26 bits per heavy atom. The molecule has 7 heteroatoms. The largest absolute Gasteiger partial charge is 0.421 e. The van der Waals surface area contributed by atoms with E-state index in [0.29, 0.717) is 22.7 Å². The Bertz CT molecular complexity index is 855. The molecule has 4 rings (SSSR count). The molecule has 2 aromatic heterocycles. The molecule has 1 aromatic carbocycles. The summed E-state index contributed by atoms with van der Waals surface area (Å²) in [5.74, 6) is 0. The summed E-state index contributed by atoms with van der Waals surface area (Å²) in [7, 11) is 0. The van der Waals surface area contributed by atoms with Gasteiger partial charge in [0.15, 0.2) is 5.58 Å². The number of anilines is 1. The number of aryl methyl sites for hydroxylation is 1. The van der Waals surface area contributed by atoms with E-state index in [0.717, 1.165) is 36.4 Å². The molecule has 3 aromatic rings. The quantitative estimate of drug-likeness (QED) is 0.782. The van der Waals surface area contributed by atoms with Crippen molar-refractivity contribution >= 4 is 28.7 Å². The van der Waals surface area contributed by atoms with Gasteiger partial charge in [0.25, 0.3) is 6.01 Å². The van der Waals surface area contributed by atoms with Crippen LogP contribution in [0.2, 0.25) is 5.02 Å². The molecule has 0 spiro atoms. The first-order chi connectivity index (χ1) is 11.1. The minimum atomic E-state index is 0.336. The molecule has 0 saturated carbocycles. The van der Waals surface area contributed by atoms with Gasteiger partial charge in [-0.15, -0.1) is 0 Å². The molecule has 1 saturated heterocycles. The Hall–Kier alpha value is -2.05. The van der Waals surface area contributed by atoms with Crippen LogP contribution in [0.1, 0.15) is 12.5 Å². The van der Waals surface area contributed by atoms with Gasteiger partial charge < -0.3 is 14.6 Å². The molecule has 0 aliphatic carbocycles. The highest BCUT2D eigenvalue weighted by molar-refractivity contribution is 6.31. The van der Waals surface area contributed by atoms with Crippen LogP contribution in [0.5, 0.6) is 0 Å². The fourth-order valence-electron chi connectivity index (χ4n) is 2.93. The lowest BCUT2D eigenvalue weighted by Gasteiger charge is -2.32. The average Bonchev–Trinajstić information content (AvgIpc) is 3.13. The zero-order valence-corrected chi connectivity index (χ0v) is 13.8. The number of aromatic nitrogens is 3.